The summed E-state index contributed by atoms with van der Waals surface area (Å²) in [6.45, 7) is 1.95. The summed E-state index contributed by atoms with van der Waals surface area (Å²) < 4.78 is 12.4. The number of carbonyl (C=O) groups is 1. The van der Waals surface area contributed by atoms with Gasteiger partial charge in [0.2, 0.25) is 0 Å². The average Bonchev–Trinajstić information content (AvgIpc) is 2.97. The molecule has 0 saturated carbocycles. The summed E-state index contributed by atoms with van der Waals surface area (Å²) >= 11 is 0. The van der Waals surface area contributed by atoms with Crippen LogP contribution in [-0.2, 0) is 11.8 Å². The molecule has 0 aliphatic rings. The van der Waals surface area contributed by atoms with E-state index in [0.717, 1.165) is 12.0 Å². The van der Waals surface area contributed by atoms with E-state index in [0.29, 0.717) is 11.5 Å². The van der Waals surface area contributed by atoms with Gasteiger partial charge in [-0.1, -0.05) is 19.1 Å². The molecule has 0 aliphatic carbocycles. The van der Waals surface area contributed by atoms with E-state index in [-0.39, 0.29) is 18.6 Å². The molecule has 2 aromatic rings. The highest BCUT2D eigenvalue weighted by atomic mass is 16.5. The Morgan fingerprint density at radius 2 is 2.09 bits per heavy atom. The summed E-state index contributed by atoms with van der Waals surface area (Å²) in [7, 11) is 3.42. The zero-order valence-corrected chi connectivity index (χ0v) is 13.1. The number of hydrogen-bond donors (Lipinski definition) is 1. The molecule has 1 N–H and O–H groups in total. The van der Waals surface area contributed by atoms with Crippen molar-refractivity contribution in [3.63, 3.8) is 0 Å². The topological polar surface area (TPSA) is 65.4 Å². The number of rotatable bonds is 7. The monoisotopic (exact) mass is 303 g/mol. The van der Waals surface area contributed by atoms with Crippen molar-refractivity contribution in [2.75, 3.05) is 13.7 Å². The summed E-state index contributed by atoms with van der Waals surface area (Å²) in [5.41, 5.74) is 0.982. The van der Waals surface area contributed by atoms with E-state index in [9.17, 15) is 4.79 Å². The molecule has 1 heterocycles. The van der Waals surface area contributed by atoms with E-state index in [1.165, 1.54) is 0 Å². The maximum Gasteiger partial charge on any atom is 0.258 e. The van der Waals surface area contributed by atoms with Gasteiger partial charge in [-0.2, -0.15) is 5.10 Å². The van der Waals surface area contributed by atoms with Crippen LogP contribution in [0.25, 0.3) is 0 Å². The number of amides is 1. The fourth-order valence-electron chi connectivity index (χ4n) is 2.16. The molecule has 0 fully saturated rings. The van der Waals surface area contributed by atoms with Crippen LogP contribution in [0, 0.1) is 0 Å². The van der Waals surface area contributed by atoms with Crippen LogP contribution in [0.3, 0.4) is 0 Å². The van der Waals surface area contributed by atoms with Crippen LogP contribution in [0.4, 0.5) is 0 Å². The lowest BCUT2D eigenvalue weighted by Crippen LogP contribution is -2.32. The zero-order valence-electron chi connectivity index (χ0n) is 13.1. The van der Waals surface area contributed by atoms with Crippen LogP contribution in [0.2, 0.25) is 0 Å². The number of aromatic nitrogens is 2. The Balaban J connectivity index is 1.92. The molecule has 1 aromatic carbocycles. The second kappa shape index (κ2) is 7.49. The molecule has 1 aromatic heterocycles. The molecule has 1 amide bonds. The van der Waals surface area contributed by atoms with E-state index in [4.69, 9.17) is 9.47 Å². The number of hydrogen-bond acceptors (Lipinski definition) is 4. The van der Waals surface area contributed by atoms with Crippen LogP contribution in [0.15, 0.2) is 36.7 Å². The SMILES string of the molecule is CCC(NC(=O)COc1ccccc1OC)c1cnn(C)c1. The van der Waals surface area contributed by atoms with Crippen molar-refractivity contribution in [3.8, 4) is 11.5 Å². The first-order chi connectivity index (χ1) is 10.6. The first-order valence-corrected chi connectivity index (χ1v) is 7.17. The molecule has 22 heavy (non-hydrogen) atoms. The molecule has 6 nitrogen and oxygen atoms in total. The van der Waals surface area contributed by atoms with Gasteiger partial charge in [-0.05, 0) is 18.6 Å². The second-order valence-electron chi connectivity index (χ2n) is 4.92. The predicted molar refractivity (Wildman–Crippen MR) is 82.9 cm³/mol. The minimum Gasteiger partial charge on any atom is -0.493 e. The van der Waals surface area contributed by atoms with Gasteiger partial charge >= 0.3 is 0 Å². The van der Waals surface area contributed by atoms with Gasteiger partial charge in [0.05, 0.1) is 19.3 Å². The van der Waals surface area contributed by atoms with Crippen LogP contribution in [-0.4, -0.2) is 29.4 Å². The van der Waals surface area contributed by atoms with Gasteiger partial charge in [0.15, 0.2) is 18.1 Å². The maximum atomic E-state index is 12.1. The minimum absolute atomic E-state index is 0.0584. The van der Waals surface area contributed by atoms with E-state index in [1.807, 2.05) is 32.3 Å². The summed E-state index contributed by atoms with van der Waals surface area (Å²) in [5, 5.41) is 7.07. The number of aryl methyl sites for hydroxylation is 1. The molecule has 6 heteroatoms. The third kappa shape index (κ3) is 4.00. The Kier molecular flexibility index (Phi) is 5.41. The van der Waals surface area contributed by atoms with Gasteiger partial charge in [-0.25, -0.2) is 0 Å². The largest absolute Gasteiger partial charge is 0.493 e. The Morgan fingerprint density at radius 1 is 1.36 bits per heavy atom. The van der Waals surface area contributed by atoms with Gasteiger partial charge in [0, 0.05) is 18.8 Å². The Morgan fingerprint density at radius 3 is 2.68 bits per heavy atom. The molecule has 1 atom stereocenters. The van der Waals surface area contributed by atoms with Crippen molar-refractivity contribution >= 4 is 5.91 Å². The highest BCUT2D eigenvalue weighted by Crippen LogP contribution is 2.25. The number of benzene rings is 1. The van der Waals surface area contributed by atoms with Crippen molar-refractivity contribution in [1.82, 2.24) is 15.1 Å². The lowest BCUT2D eigenvalue weighted by Gasteiger charge is -2.16. The van der Waals surface area contributed by atoms with Crippen LogP contribution >= 0.6 is 0 Å². The lowest BCUT2D eigenvalue weighted by atomic mass is 10.1. The average molecular weight is 303 g/mol. The first kappa shape index (κ1) is 15.9. The molecule has 118 valence electrons. The summed E-state index contributed by atoms with van der Waals surface area (Å²) in [6.07, 6.45) is 4.44. The Labute approximate surface area is 130 Å². The summed E-state index contributed by atoms with van der Waals surface area (Å²) in [4.78, 5) is 12.1. The standard InChI is InChI=1S/C16H21N3O3/c1-4-13(12-9-17-19(2)10-12)18-16(20)11-22-15-8-6-5-7-14(15)21-3/h5-10,13H,4,11H2,1-3H3,(H,18,20). The molecular weight excluding hydrogens is 282 g/mol. The fraction of sp³-hybridized carbons (Fsp3) is 0.375. The summed E-state index contributed by atoms with van der Waals surface area (Å²) in [6, 6.07) is 7.17. The van der Waals surface area contributed by atoms with Gasteiger partial charge < -0.3 is 14.8 Å². The maximum absolute atomic E-state index is 12.1. The second-order valence-corrected chi connectivity index (χ2v) is 4.92. The van der Waals surface area contributed by atoms with Crippen molar-refractivity contribution in [2.45, 2.75) is 19.4 Å². The molecule has 0 radical (unpaired) electrons. The van der Waals surface area contributed by atoms with Crippen LogP contribution in [0.1, 0.15) is 24.9 Å². The van der Waals surface area contributed by atoms with Crippen LogP contribution < -0.4 is 14.8 Å². The fourth-order valence-corrected chi connectivity index (χ4v) is 2.16. The minimum atomic E-state index is -0.179. The van der Waals surface area contributed by atoms with Gasteiger partial charge in [0.25, 0.3) is 5.91 Å². The molecule has 0 spiro atoms. The van der Waals surface area contributed by atoms with Gasteiger partial charge in [0.1, 0.15) is 0 Å². The number of nitrogens with zero attached hydrogens (tertiary/aromatic N) is 2. The molecule has 2 rings (SSSR count). The van der Waals surface area contributed by atoms with Gasteiger partial charge in [-0.15, -0.1) is 0 Å². The quantitative estimate of drug-likeness (QED) is 0.850. The Bertz CT molecular complexity index is 625. The third-order valence-corrected chi connectivity index (χ3v) is 3.30. The van der Waals surface area contributed by atoms with Gasteiger partial charge in [-0.3, -0.25) is 9.48 Å². The summed E-state index contributed by atoms with van der Waals surface area (Å²) in [5.74, 6) is 0.978. The predicted octanol–water partition coefficient (Wildman–Crippen LogP) is 2.07. The van der Waals surface area contributed by atoms with E-state index >= 15 is 0 Å². The molecule has 0 aliphatic heterocycles. The number of para-hydroxylation sites is 2. The number of ether oxygens (including phenoxy) is 2. The van der Waals surface area contributed by atoms with Crippen molar-refractivity contribution in [2.24, 2.45) is 7.05 Å². The number of methoxy groups -OCH3 is 1. The molecule has 1 unspecified atom stereocenters. The highest BCUT2D eigenvalue weighted by Gasteiger charge is 2.15. The molecule has 0 bridgehead atoms. The zero-order chi connectivity index (χ0) is 15.9. The van der Waals surface area contributed by atoms with Crippen molar-refractivity contribution in [3.05, 3.63) is 42.2 Å². The normalized spacial score (nSPS) is 11.8. The molecular formula is C16H21N3O3. The number of carbonyl (C=O) groups excluding carboxylic acids is 1. The van der Waals surface area contributed by atoms with Crippen LogP contribution in [0.5, 0.6) is 11.5 Å². The van der Waals surface area contributed by atoms with Crippen molar-refractivity contribution < 1.29 is 14.3 Å². The smallest absolute Gasteiger partial charge is 0.258 e. The first-order valence-electron chi connectivity index (χ1n) is 7.17. The van der Waals surface area contributed by atoms with Crippen molar-refractivity contribution in [1.29, 1.82) is 0 Å². The highest BCUT2D eigenvalue weighted by molar-refractivity contribution is 5.78. The van der Waals surface area contributed by atoms with E-state index in [2.05, 4.69) is 10.4 Å². The molecule has 0 saturated heterocycles. The van der Waals surface area contributed by atoms with E-state index < -0.39 is 0 Å². The third-order valence-electron chi connectivity index (χ3n) is 3.30. The Hall–Kier alpha value is -2.50. The lowest BCUT2D eigenvalue weighted by molar-refractivity contribution is -0.123. The van der Waals surface area contributed by atoms with E-state index in [1.54, 1.807) is 30.1 Å². The number of nitrogens with one attached hydrogen (secondary N) is 1.